The Bertz CT molecular complexity index is 316. The van der Waals surface area contributed by atoms with E-state index in [1.807, 2.05) is 20.8 Å². The lowest BCUT2D eigenvalue weighted by atomic mass is 9.87. The first-order chi connectivity index (χ1) is 9.17. The lowest BCUT2D eigenvalue weighted by Crippen LogP contribution is -2.59. The van der Waals surface area contributed by atoms with Crippen molar-refractivity contribution in [3.05, 3.63) is 0 Å². The molecular formula is C15H31N3O2. The molecule has 0 radical (unpaired) electrons. The highest BCUT2D eigenvalue weighted by atomic mass is 16.6. The Kier molecular flexibility index (Phi) is 5.83. The highest BCUT2D eigenvalue weighted by molar-refractivity contribution is 5.68. The third-order valence-electron chi connectivity index (χ3n) is 3.65. The maximum absolute atomic E-state index is 12.0. The molecule has 5 heteroatoms. The van der Waals surface area contributed by atoms with Crippen LogP contribution in [0.4, 0.5) is 4.79 Å². The summed E-state index contributed by atoms with van der Waals surface area (Å²) in [6, 6.07) is 0. The van der Waals surface area contributed by atoms with Gasteiger partial charge in [0.1, 0.15) is 5.60 Å². The number of carbonyl (C=O) groups is 1. The van der Waals surface area contributed by atoms with E-state index in [4.69, 9.17) is 10.5 Å². The van der Waals surface area contributed by atoms with Crippen molar-refractivity contribution < 1.29 is 9.53 Å². The van der Waals surface area contributed by atoms with Crippen LogP contribution in [0.25, 0.3) is 0 Å². The van der Waals surface area contributed by atoms with Gasteiger partial charge in [-0.05, 0) is 46.1 Å². The van der Waals surface area contributed by atoms with Crippen LogP contribution in [0.2, 0.25) is 0 Å². The average molecular weight is 285 g/mol. The Morgan fingerprint density at radius 2 is 1.90 bits per heavy atom. The van der Waals surface area contributed by atoms with Crippen LogP contribution in [0, 0.1) is 5.92 Å². The van der Waals surface area contributed by atoms with Crippen LogP contribution in [0.15, 0.2) is 0 Å². The molecule has 1 amide bonds. The maximum atomic E-state index is 12.0. The number of ether oxygens (including phenoxy) is 1. The quantitative estimate of drug-likeness (QED) is 0.828. The first kappa shape index (κ1) is 17.2. The summed E-state index contributed by atoms with van der Waals surface area (Å²) >= 11 is 0. The van der Waals surface area contributed by atoms with Gasteiger partial charge in [-0.15, -0.1) is 0 Å². The van der Waals surface area contributed by atoms with Crippen molar-refractivity contribution in [2.24, 2.45) is 11.7 Å². The van der Waals surface area contributed by atoms with Gasteiger partial charge >= 0.3 is 6.09 Å². The van der Waals surface area contributed by atoms with Crippen LogP contribution in [0.3, 0.4) is 0 Å². The maximum Gasteiger partial charge on any atom is 0.410 e. The minimum atomic E-state index is -0.435. The Morgan fingerprint density at radius 1 is 1.35 bits per heavy atom. The number of nitrogens with two attached hydrogens (primary N) is 1. The van der Waals surface area contributed by atoms with Gasteiger partial charge in [0, 0.05) is 25.2 Å². The molecule has 1 fully saturated rings. The summed E-state index contributed by atoms with van der Waals surface area (Å²) in [4.78, 5) is 13.8. The molecule has 0 saturated carbocycles. The molecule has 0 aliphatic carbocycles. The number of piperidine rings is 1. The summed E-state index contributed by atoms with van der Waals surface area (Å²) in [5, 5.41) is 3.59. The van der Waals surface area contributed by atoms with Gasteiger partial charge in [0.25, 0.3) is 0 Å². The predicted octanol–water partition coefficient (Wildman–Crippen LogP) is 1.96. The zero-order chi connectivity index (χ0) is 15.4. The Hall–Kier alpha value is -0.810. The van der Waals surface area contributed by atoms with Gasteiger partial charge in [0.2, 0.25) is 0 Å². The topological polar surface area (TPSA) is 67.6 Å². The molecule has 1 aliphatic heterocycles. The molecule has 0 aromatic carbocycles. The largest absolute Gasteiger partial charge is 0.444 e. The molecule has 20 heavy (non-hydrogen) atoms. The molecule has 5 nitrogen and oxygen atoms in total. The number of hydrogen-bond acceptors (Lipinski definition) is 4. The summed E-state index contributed by atoms with van der Waals surface area (Å²) in [5.41, 5.74) is 5.49. The monoisotopic (exact) mass is 285 g/mol. The van der Waals surface area contributed by atoms with E-state index in [2.05, 4.69) is 19.2 Å². The van der Waals surface area contributed by atoms with Crippen LogP contribution < -0.4 is 11.1 Å². The predicted molar refractivity (Wildman–Crippen MR) is 81.7 cm³/mol. The number of nitrogens with one attached hydrogen (secondary N) is 1. The number of nitrogens with zero attached hydrogens (tertiary/aromatic N) is 1. The molecule has 1 aliphatic rings. The molecule has 1 heterocycles. The normalized spacial score (nSPS) is 19.2. The van der Waals surface area contributed by atoms with Crippen molar-refractivity contribution in [1.29, 1.82) is 0 Å². The Morgan fingerprint density at radius 3 is 2.30 bits per heavy atom. The zero-order valence-electron chi connectivity index (χ0n) is 13.7. The van der Waals surface area contributed by atoms with Gasteiger partial charge < -0.3 is 20.7 Å². The molecule has 0 aromatic heterocycles. The number of amides is 1. The standard InChI is InChI=1S/C15H31N3O2/c1-12(2)10-17-15(11-16)6-8-18(9-7-15)13(19)20-14(3,4)5/h12,17H,6-11,16H2,1-5H3. The smallest absolute Gasteiger partial charge is 0.410 e. The summed E-state index contributed by atoms with van der Waals surface area (Å²) in [7, 11) is 0. The molecule has 0 bridgehead atoms. The van der Waals surface area contributed by atoms with Crippen molar-refractivity contribution >= 4 is 6.09 Å². The number of rotatable bonds is 4. The first-order valence-corrected chi connectivity index (χ1v) is 7.60. The summed E-state index contributed by atoms with van der Waals surface area (Å²) < 4.78 is 5.41. The van der Waals surface area contributed by atoms with Gasteiger partial charge in [-0.25, -0.2) is 4.79 Å². The van der Waals surface area contributed by atoms with Gasteiger partial charge in [-0.1, -0.05) is 13.8 Å². The molecule has 1 rings (SSSR count). The van der Waals surface area contributed by atoms with Crippen LogP contribution in [0.1, 0.15) is 47.5 Å². The minimum Gasteiger partial charge on any atom is -0.444 e. The van der Waals surface area contributed by atoms with E-state index < -0.39 is 5.60 Å². The van der Waals surface area contributed by atoms with E-state index in [0.29, 0.717) is 25.6 Å². The summed E-state index contributed by atoms with van der Waals surface area (Å²) in [5.74, 6) is 0.599. The van der Waals surface area contributed by atoms with E-state index in [-0.39, 0.29) is 11.6 Å². The van der Waals surface area contributed by atoms with Crippen molar-refractivity contribution in [3.63, 3.8) is 0 Å². The lowest BCUT2D eigenvalue weighted by molar-refractivity contribution is 0.0150. The Balaban J connectivity index is 2.50. The van der Waals surface area contributed by atoms with Crippen molar-refractivity contribution in [2.45, 2.75) is 58.6 Å². The van der Waals surface area contributed by atoms with E-state index in [9.17, 15) is 4.79 Å². The fourth-order valence-corrected chi connectivity index (χ4v) is 2.32. The van der Waals surface area contributed by atoms with E-state index >= 15 is 0 Å². The molecule has 0 aromatic rings. The molecule has 118 valence electrons. The fraction of sp³-hybridized carbons (Fsp3) is 0.933. The fourth-order valence-electron chi connectivity index (χ4n) is 2.32. The molecule has 3 N–H and O–H groups in total. The molecule has 0 atom stereocenters. The molecular weight excluding hydrogens is 254 g/mol. The van der Waals surface area contributed by atoms with E-state index in [1.54, 1.807) is 4.90 Å². The Labute approximate surface area is 123 Å². The zero-order valence-corrected chi connectivity index (χ0v) is 13.7. The van der Waals surface area contributed by atoms with E-state index in [0.717, 1.165) is 19.4 Å². The molecule has 0 spiro atoms. The second kappa shape index (κ2) is 6.76. The highest BCUT2D eigenvalue weighted by Crippen LogP contribution is 2.23. The van der Waals surface area contributed by atoms with Crippen LogP contribution in [0.5, 0.6) is 0 Å². The van der Waals surface area contributed by atoms with Gasteiger partial charge in [-0.2, -0.15) is 0 Å². The van der Waals surface area contributed by atoms with Gasteiger partial charge in [-0.3, -0.25) is 0 Å². The van der Waals surface area contributed by atoms with Crippen LogP contribution in [-0.2, 0) is 4.74 Å². The highest BCUT2D eigenvalue weighted by Gasteiger charge is 2.35. The molecule has 1 saturated heterocycles. The van der Waals surface area contributed by atoms with E-state index in [1.165, 1.54) is 0 Å². The lowest BCUT2D eigenvalue weighted by Gasteiger charge is -2.42. The van der Waals surface area contributed by atoms with Crippen molar-refractivity contribution in [2.75, 3.05) is 26.2 Å². The molecule has 0 unspecified atom stereocenters. The number of hydrogen-bond donors (Lipinski definition) is 2. The van der Waals surface area contributed by atoms with Crippen LogP contribution >= 0.6 is 0 Å². The van der Waals surface area contributed by atoms with Gasteiger partial charge in [0.05, 0.1) is 0 Å². The van der Waals surface area contributed by atoms with Crippen molar-refractivity contribution in [1.82, 2.24) is 10.2 Å². The van der Waals surface area contributed by atoms with Crippen molar-refractivity contribution in [3.8, 4) is 0 Å². The van der Waals surface area contributed by atoms with Gasteiger partial charge in [0.15, 0.2) is 0 Å². The second-order valence-corrected chi connectivity index (χ2v) is 7.23. The average Bonchev–Trinajstić information content (AvgIpc) is 2.35. The number of likely N-dealkylation sites (tertiary alicyclic amines) is 1. The second-order valence-electron chi connectivity index (χ2n) is 7.23. The summed E-state index contributed by atoms with van der Waals surface area (Å²) in [6.07, 6.45) is 1.55. The SMILES string of the molecule is CC(C)CNC1(CN)CCN(C(=O)OC(C)(C)C)CC1. The van der Waals surface area contributed by atoms with Crippen LogP contribution in [-0.4, -0.2) is 48.3 Å². The third kappa shape index (κ3) is 5.29. The number of carbonyl (C=O) groups excluding carboxylic acids is 1. The first-order valence-electron chi connectivity index (χ1n) is 7.60. The third-order valence-corrected chi connectivity index (χ3v) is 3.65. The summed E-state index contributed by atoms with van der Waals surface area (Å²) in [6.45, 7) is 13.0. The minimum absolute atomic E-state index is 0.0250.